The van der Waals surface area contributed by atoms with Crippen LogP contribution in [0.1, 0.15) is 11.1 Å². The average molecular weight is 336 g/mol. The topological polar surface area (TPSA) is 54.0 Å². The number of hydrogen-bond donors (Lipinski definition) is 0. The molecule has 0 aliphatic heterocycles. The molecule has 0 fully saturated rings. The Balaban J connectivity index is 2.12. The monoisotopic (exact) mass is 336 g/mol. The van der Waals surface area contributed by atoms with E-state index in [9.17, 15) is 4.57 Å². The van der Waals surface area contributed by atoms with Crippen LogP contribution in [-0.2, 0) is 26.4 Å². The van der Waals surface area contributed by atoms with Gasteiger partial charge in [0, 0.05) is 14.2 Å². The molecule has 0 atom stereocenters. The summed E-state index contributed by atoms with van der Waals surface area (Å²) in [6.45, 7) is 0.450. The van der Waals surface area contributed by atoms with Gasteiger partial charge < -0.3 is 18.5 Å². The van der Waals surface area contributed by atoms with Crippen molar-refractivity contribution in [2.24, 2.45) is 0 Å². The van der Waals surface area contributed by atoms with Crippen LogP contribution >= 0.6 is 7.60 Å². The molecular formula is C17H21O5P. The van der Waals surface area contributed by atoms with Gasteiger partial charge >= 0.3 is 7.60 Å². The minimum atomic E-state index is -3.11. The predicted molar refractivity (Wildman–Crippen MR) is 89.1 cm³/mol. The third kappa shape index (κ3) is 4.83. The summed E-state index contributed by atoms with van der Waals surface area (Å²) >= 11 is 0. The van der Waals surface area contributed by atoms with Gasteiger partial charge in [0.2, 0.25) is 0 Å². The molecule has 0 aliphatic rings. The van der Waals surface area contributed by atoms with Crippen molar-refractivity contribution in [3.8, 4) is 11.5 Å². The SMILES string of the molecule is COc1cc(CP(=O)(OC)OC)ccc1OCc1ccccc1. The van der Waals surface area contributed by atoms with Crippen molar-refractivity contribution in [3.63, 3.8) is 0 Å². The first-order chi connectivity index (χ1) is 11.1. The minimum Gasteiger partial charge on any atom is -0.493 e. The molecule has 0 heterocycles. The largest absolute Gasteiger partial charge is 0.493 e. The van der Waals surface area contributed by atoms with Crippen LogP contribution in [-0.4, -0.2) is 21.3 Å². The average Bonchev–Trinajstić information content (AvgIpc) is 2.61. The fraction of sp³-hybridized carbons (Fsp3) is 0.294. The highest BCUT2D eigenvalue weighted by Crippen LogP contribution is 2.50. The van der Waals surface area contributed by atoms with E-state index in [2.05, 4.69) is 0 Å². The van der Waals surface area contributed by atoms with Gasteiger partial charge in [0.1, 0.15) is 6.61 Å². The van der Waals surface area contributed by atoms with Crippen molar-refractivity contribution in [3.05, 3.63) is 59.7 Å². The number of benzene rings is 2. The molecule has 2 aromatic carbocycles. The van der Waals surface area contributed by atoms with E-state index in [1.165, 1.54) is 14.2 Å². The highest BCUT2D eigenvalue weighted by atomic mass is 31.2. The fourth-order valence-electron chi connectivity index (χ4n) is 2.09. The van der Waals surface area contributed by atoms with Crippen LogP contribution in [0.2, 0.25) is 0 Å². The standard InChI is InChI=1S/C17H21O5P/c1-19-17-11-15(13-23(18,20-2)21-3)9-10-16(17)22-12-14-7-5-4-6-8-14/h4-11H,12-13H2,1-3H3. The van der Waals surface area contributed by atoms with Crippen LogP contribution in [0.25, 0.3) is 0 Å². The molecule has 124 valence electrons. The van der Waals surface area contributed by atoms with Crippen molar-refractivity contribution in [2.45, 2.75) is 12.8 Å². The zero-order chi connectivity index (χ0) is 16.7. The van der Waals surface area contributed by atoms with Crippen LogP contribution in [0.15, 0.2) is 48.5 Å². The van der Waals surface area contributed by atoms with Gasteiger partial charge in [-0.05, 0) is 23.3 Å². The Hall–Kier alpha value is -1.81. The molecule has 6 heteroatoms. The summed E-state index contributed by atoms with van der Waals surface area (Å²) in [4.78, 5) is 0. The summed E-state index contributed by atoms with van der Waals surface area (Å²) in [6, 6.07) is 15.3. The second kappa shape index (κ2) is 8.16. The van der Waals surface area contributed by atoms with Gasteiger partial charge in [-0.25, -0.2) is 0 Å². The van der Waals surface area contributed by atoms with E-state index in [0.717, 1.165) is 11.1 Å². The van der Waals surface area contributed by atoms with E-state index in [1.54, 1.807) is 19.2 Å². The molecule has 0 saturated heterocycles. The first-order valence-corrected chi connectivity index (χ1v) is 8.87. The van der Waals surface area contributed by atoms with E-state index < -0.39 is 7.60 Å². The summed E-state index contributed by atoms with van der Waals surface area (Å²) in [5, 5.41) is 0. The first-order valence-electron chi connectivity index (χ1n) is 7.14. The maximum Gasteiger partial charge on any atom is 0.334 e. The lowest BCUT2D eigenvalue weighted by Gasteiger charge is -2.15. The normalized spacial score (nSPS) is 11.3. The number of hydrogen-bond acceptors (Lipinski definition) is 5. The zero-order valence-corrected chi connectivity index (χ0v) is 14.4. The van der Waals surface area contributed by atoms with Crippen molar-refractivity contribution in [2.75, 3.05) is 21.3 Å². The molecule has 0 amide bonds. The molecule has 23 heavy (non-hydrogen) atoms. The molecular weight excluding hydrogens is 315 g/mol. The van der Waals surface area contributed by atoms with Gasteiger partial charge in [0.15, 0.2) is 11.5 Å². The van der Waals surface area contributed by atoms with Crippen molar-refractivity contribution < 1.29 is 23.1 Å². The number of rotatable bonds is 8. The third-order valence-corrected chi connectivity index (χ3v) is 5.26. The van der Waals surface area contributed by atoms with Gasteiger partial charge in [0.05, 0.1) is 13.3 Å². The molecule has 0 unspecified atom stereocenters. The van der Waals surface area contributed by atoms with Crippen LogP contribution in [0.3, 0.4) is 0 Å². The molecule has 0 spiro atoms. The van der Waals surface area contributed by atoms with E-state index in [-0.39, 0.29) is 6.16 Å². The predicted octanol–water partition coefficient (Wildman–Crippen LogP) is 4.26. The second-order valence-corrected chi connectivity index (χ2v) is 7.16. The Kier molecular flexibility index (Phi) is 6.22. The molecule has 2 rings (SSSR count). The Labute approximate surface area is 136 Å². The van der Waals surface area contributed by atoms with Gasteiger partial charge in [-0.3, -0.25) is 4.57 Å². The first kappa shape index (κ1) is 17.5. The van der Waals surface area contributed by atoms with Crippen LogP contribution in [0.5, 0.6) is 11.5 Å². The lowest BCUT2D eigenvalue weighted by molar-refractivity contribution is 0.274. The summed E-state index contributed by atoms with van der Waals surface area (Å²) in [6.07, 6.45) is 0.176. The van der Waals surface area contributed by atoms with Gasteiger partial charge in [-0.15, -0.1) is 0 Å². The number of methoxy groups -OCH3 is 1. The molecule has 2 aromatic rings. The molecule has 0 aliphatic carbocycles. The zero-order valence-electron chi connectivity index (χ0n) is 13.5. The van der Waals surface area contributed by atoms with Gasteiger partial charge in [-0.1, -0.05) is 36.4 Å². The van der Waals surface area contributed by atoms with E-state index in [4.69, 9.17) is 18.5 Å². The summed E-state index contributed by atoms with van der Waals surface area (Å²) in [5.41, 5.74) is 1.86. The van der Waals surface area contributed by atoms with Crippen LogP contribution in [0, 0.1) is 0 Å². The molecule has 5 nitrogen and oxygen atoms in total. The van der Waals surface area contributed by atoms with Crippen molar-refractivity contribution in [1.29, 1.82) is 0 Å². The van der Waals surface area contributed by atoms with Gasteiger partial charge in [-0.2, -0.15) is 0 Å². The molecule has 0 N–H and O–H groups in total. The minimum absolute atomic E-state index is 0.176. The Bertz CT molecular complexity index is 664. The Morgan fingerprint density at radius 1 is 0.870 bits per heavy atom. The Morgan fingerprint density at radius 2 is 1.57 bits per heavy atom. The van der Waals surface area contributed by atoms with E-state index in [0.29, 0.717) is 18.1 Å². The number of ether oxygens (including phenoxy) is 2. The molecule has 0 bridgehead atoms. The maximum absolute atomic E-state index is 12.2. The quantitative estimate of drug-likeness (QED) is 0.674. The lowest BCUT2D eigenvalue weighted by Crippen LogP contribution is -1.99. The van der Waals surface area contributed by atoms with Crippen molar-refractivity contribution in [1.82, 2.24) is 0 Å². The lowest BCUT2D eigenvalue weighted by atomic mass is 10.2. The molecule has 0 saturated carbocycles. The van der Waals surface area contributed by atoms with Crippen molar-refractivity contribution >= 4 is 7.60 Å². The van der Waals surface area contributed by atoms with E-state index >= 15 is 0 Å². The van der Waals surface area contributed by atoms with Crippen LogP contribution < -0.4 is 9.47 Å². The second-order valence-electron chi connectivity index (χ2n) is 4.89. The maximum atomic E-state index is 12.2. The third-order valence-electron chi connectivity index (χ3n) is 3.40. The molecule has 0 radical (unpaired) electrons. The fourth-order valence-corrected chi connectivity index (χ4v) is 3.14. The summed E-state index contributed by atoms with van der Waals surface area (Å²) in [7, 11) is 1.21. The molecule has 0 aromatic heterocycles. The summed E-state index contributed by atoms with van der Waals surface area (Å²) in [5.74, 6) is 1.21. The highest BCUT2D eigenvalue weighted by molar-refractivity contribution is 7.52. The summed E-state index contributed by atoms with van der Waals surface area (Å²) < 4.78 is 33.3. The Morgan fingerprint density at radius 3 is 2.17 bits per heavy atom. The van der Waals surface area contributed by atoms with E-state index in [1.807, 2.05) is 36.4 Å². The highest BCUT2D eigenvalue weighted by Gasteiger charge is 2.22. The van der Waals surface area contributed by atoms with Gasteiger partial charge in [0.25, 0.3) is 0 Å². The van der Waals surface area contributed by atoms with Crippen LogP contribution in [0.4, 0.5) is 0 Å². The smallest absolute Gasteiger partial charge is 0.334 e.